The van der Waals surface area contributed by atoms with Gasteiger partial charge in [-0.05, 0) is 13.3 Å². The van der Waals surface area contributed by atoms with Crippen molar-refractivity contribution < 1.29 is 13.6 Å². The van der Waals surface area contributed by atoms with Crippen LogP contribution in [0, 0.1) is 0 Å². The Balaban J connectivity index is 2.51. The molecule has 0 aromatic carbocycles. The molecule has 0 aromatic heterocycles. The van der Waals surface area contributed by atoms with Crippen LogP contribution in [-0.2, 0) is 13.6 Å². The Morgan fingerprint density at radius 1 is 1.78 bits per heavy atom. The SMILES string of the molecule is C[C@H]1CCO[P@@](N)(=O)O1. The van der Waals surface area contributed by atoms with Crippen LogP contribution in [-0.4, -0.2) is 12.7 Å². The fourth-order valence-electron chi connectivity index (χ4n) is 0.680. The molecule has 0 unspecified atom stereocenters. The van der Waals surface area contributed by atoms with E-state index in [9.17, 15) is 4.57 Å². The van der Waals surface area contributed by atoms with Gasteiger partial charge in [-0.25, -0.2) is 10.1 Å². The molecule has 0 bridgehead atoms. The van der Waals surface area contributed by atoms with Crippen LogP contribution in [0.1, 0.15) is 13.3 Å². The first-order valence-corrected chi connectivity index (χ1v) is 4.43. The number of hydrogen-bond donors (Lipinski definition) is 1. The molecule has 9 heavy (non-hydrogen) atoms. The Kier molecular flexibility index (Phi) is 1.91. The second-order valence-corrected chi connectivity index (χ2v) is 3.63. The first-order valence-electron chi connectivity index (χ1n) is 2.82. The molecule has 5 heteroatoms. The molecule has 0 amide bonds. The van der Waals surface area contributed by atoms with Gasteiger partial charge in [-0.1, -0.05) is 0 Å². The van der Waals surface area contributed by atoms with Crippen molar-refractivity contribution in [2.45, 2.75) is 19.4 Å². The monoisotopic (exact) mass is 151 g/mol. The minimum absolute atomic E-state index is 0.0328. The molecule has 0 spiro atoms. The van der Waals surface area contributed by atoms with Gasteiger partial charge in [-0.15, -0.1) is 0 Å². The van der Waals surface area contributed by atoms with E-state index in [0.717, 1.165) is 6.42 Å². The second-order valence-electron chi connectivity index (χ2n) is 2.08. The number of nitrogens with two attached hydrogens (primary N) is 1. The predicted octanol–water partition coefficient (Wildman–Crippen LogP) is 0.879. The molecule has 1 saturated heterocycles. The highest BCUT2D eigenvalue weighted by molar-refractivity contribution is 7.51. The van der Waals surface area contributed by atoms with Crippen LogP contribution in [0.3, 0.4) is 0 Å². The predicted molar refractivity (Wildman–Crippen MR) is 32.9 cm³/mol. The standard InChI is InChI=1S/C4H10NO3P/c1-4-2-3-7-9(5,6)8-4/h4H,2-3H2,1H3,(H2,5,6)/t4-,9+/m0/s1. The van der Waals surface area contributed by atoms with Gasteiger partial charge in [-0.3, -0.25) is 9.05 Å². The van der Waals surface area contributed by atoms with Gasteiger partial charge in [0, 0.05) is 0 Å². The maximum Gasteiger partial charge on any atom is 0.403 e. The van der Waals surface area contributed by atoms with Crippen LogP contribution in [0.15, 0.2) is 0 Å². The lowest BCUT2D eigenvalue weighted by atomic mass is 10.3. The van der Waals surface area contributed by atoms with E-state index in [-0.39, 0.29) is 6.10 Å². The highest BCUT2D eigenvalue weighted by Gasteiger charge is 2.26. The smallest absolute Gasteiger partial charge is 0.297 e. The molecule has 0 radical (unpaired) electrons. The van der Waals surface area contributed by atoms with E-state index in [4.69, 9.17) is 10.0 Å². The molecule has 2 N–H and O–H groups in total. The lowest BCUT2D eigenvalue weighted by molar-refractivity contribution is 0.0926. The largest absolute Gasteiger partial charge is 0.403 e. The zero-order valence-electron chi connectivity index (χ0n) is 5.24. The van der Waals surface area contributed by atoms with Crippen molar-refractivity contribution >= 4 is 7.75 Å². The molecule has 1 rings (SSSR count). The van der Waals surface area contributed by atoms with Gasteiger partial charge >= 0.3 is 7.75 Å². The Bertz CT molecular complexity index is 149. The summed E-state index contributed by atoms with van der Waals surface area (Å²) in [4.78, 5) is 0. The van der Waals surface area contributed by atoms with Gasteiger partial charge in [-0.2, -0.15) is 0 Å². The zero-order chi connectivity index (χ0) is 6.91. The van der Waals surface area contributed by atoms with Crippen molar-refractivity contribution in [2.75, 3.05) is 6.61 Å². The summed E-state index contributed by atoms with van der Waals surface area (Å²) in [5.74, 6) is 0. The lowest BCUT2D eigenvalue weighted by Crippen LogP contribution is -2.20. The summed E-state index contributed by atoms with van der Waals surface area (Å²) < 4.78 is 20.2. The second kappa shape index (κ2) is 2.39. The van der Waals surface area contributed by atoms with E-state index in [1.54, 1.807) is 0 Å². The number of rotatable bonds is 0. The average Bonchev–Trinajstić information content (AvgIpc) is 1.60. The van der Waals surface area contributed by atoms with Gasteiger partial charge in [0.25, 0.3) is 0 Å². The zero-order valence-corrected chi connectivity index (χ0v) is 6.14. The van der Waals surface area contributed by atoms with Crippen molar-refractivity contribution in [3.8, 4) is 0 Å². The fourth-order valence-corrected chi connectivity index (χ4v) is 1.71. The Hall–Kier alpha value is 0.110. The maximum absolute atomic E-state index is 10.8. The summed E-state index contributed by atoms with van der Waals surface area (Å²) in [7, 11) is -3.14. The van der Waals surface area contributed by atoms with Gasteiger partial charge in [0.05, 0.1) is 12.7 Å². The van der Waals surface area contributed by atoms with E-state index in [0.29, 0.717) is 6.61 Å². The average molecular weight is 151 g/mol. The summed E-state index contributed by atoms with van der Waals surface area (Å²) in [6.07, 6.45) is 0.732. The molecular weight excluding hydrogens is 141 g/mol. The molecule has 1 heterocycles. The van der Waals surface area contributed by atoms with E-state index in [1.807, 2.05) is 6.92 Å². The van der Waals surface area contributed by atoms with Crippen molar-refractivity contribution in [2.24, 2.45) is 5.50 Å². The molecule has 0 saturated carbocycles. The first-order chi connectivity index (χ1) is 4.10. The molecule has 0 aromatic rings. The Labute approximate surface area is 53.9 Å². The molecule has 1 fully saturated rings. The molecule has 4 nitrogen and oxygen atoms in total. The summed E-state index contributed by atoms with van der Waals surface area (Å²) in [5.41, 5.74) is 5.08. The van der Waals surface area contributed by atoms with Gasteiger partial charge in [0.2, 0.25) is 0 Å². The molecule has 1 aliphatic heterocycles. The van der Waals surface area contributed by atoms with Crippen LogP contribution < -0.4 is 5.50 Å². The third-order valence-corrected chi connectivity index (χ3v) is 2.32. The Morgan fingerprint density at radius 3 is 2.78 bits per heavy atom. The van der Waals surface area contributed by atoms with Crippen LogP contribution in [0.5, 0.6) is 0 Å². The first kappa shape index (κ1) is 7.22. The van der Waals surface area contributed by atoms with Crippen molar-refractivity contribution in [3.05, 3.63) is 0 Å². The molecule has 1 aliphatic rings. The molecule has 54 valence electrons. The maximum atomic E-state index is 10.8. The van der Waals surface area contributed by atoms with Crippen LogP contribution in [0.25, 0.3) is 0 Å². The lowest BCUT2D eigenvalue weighted by Gasteiger charge is -2.23. The van der Waals surface area contributed by atoms with Gasteiger partial charge in [0.1, 0.15) is 0 Å². The summed E-state index contributed by atoms with van der Waals surface area (Å²) in [6.45, 7) is 2.26. The highest BCUT2D eigenvalue weighted by atomic mass is 31.2. The normalized spacial score (nSPS) is 44.9. The fraction of sp³-hybridized carbons (Fsp3) is 1.00. The highest BCUT2D eigenvalue weighted by Crippen LogP contribution is 2.44. The minimum atomic E-state index is -3.14. The van der Waals surface area contributed by atoms with Gasteiger partial charge in [0.15, 0.2) is 0 Å². The Morgan fingerprint density at radius 2 is 2.44 bits per heavy atom. The third kappa shape index (κ3) is 2.06. The van der Waals surface area contributed by atoms with E-state index < -0.39 is 7.75 Å². The summed E-state index contributed by atoms with van der Waals surface area (Å²) in [6, 6.07) is 0. The molecule has 0 aliphatic carbocycles. The van der Waals surface area contributed by atoms with Gasteiger partial charge < -0.3 is 0 Å². The van der Waals surface area contributed by atoms with E-state index in [1.165, 1.54) is 0 Å². The van der Waals surface area contributed by atoms with Crippen LogP contribution >= 0.6 is 7.75 Å². The number of hydrogen-bond acceptors (Lipinski definition) is 3. The minimum Gasteiger partial charge on any atom is -0.297 e. The topological polar surface area (TPSA) is 61.5 Å². The van der Waals surface area contributed by atoms with Crippen LogP contribution in [0.4, 0.5) is 0 Å². The quantitative estimate of drug-likeness (QED) is 0.522. The van der Waals surface area contributed by atoms with E-state index in [2.05, 4.69) is 4.52 Å². The summed E-state index contributed by atoms with van der Waals surface area (Å²) >= 11 is 0. The van der Waals surface area contributed by atoms with E-state index >= 15 is 0 Å². The molecular formula is C4H10NO3P. The van der Waals surface area contributed by atoms with Crippen LogP contribution in [0.2, 0.25) is 0 Å². The summed E-state index contributed by atoms with van der Waals surface area (Å²) in [5, 5.41) is 0. The van der Waals surface area contributed by atoms with Crippen molar-refractivity contribution in [1.82, 2.24) is 0 Å². The molecule has 2 atom stereocenters. The van der Waals surface area contributed by atoms with Crippen molar-refractivity contribution in [3.63, 3.8) is 0 Å². The third-order valence-electron chi connectivity index (χ3n) is 1.12. The van der Waals surface area contributed by atoms with Crippen molar-refractivity contribution in [1.29, 1.82) is 0 Å².